The molecule has 0 aliphatic rings. The zero-order valence-corrected chi connectivity index (χ0v) is 17.7. The summed E-state index contributed by atoms with van der Waals surface area (Å²) in [4.78, 5) is 22.4. The zero-order valence-electron chi connectivity index (χ0n) is 16.9. The van der Waals surface area contributed by atoms with Gasteiger partial charge in [-0.2, -0.15) is 0 Å². The Bertz CT molecular complexity index is 979. The number of nitrogens with zero attached hydrogens (tertiary/aromatic N) is 2. The standard InChI is InChI=1S/C23H25N3OS/c1-14-11-12-15(2)20(13-14)26-22(27)21(19-9-7-6-8-10-19)28-23-24-17(4)16(3)18(5)25-23/h6-13,21H,1-5H3,(H,26,27)/t21-/m1/s1. The van der Waals surface area contributed by atoms with Crippen LogP contribution in [0.4, 0.5) is 5.69 Å². The van der Waals surface area contributed by atoms with Gasteiger partial charge in [-0.15, -0.1) is 0 Å². The van der Waals surface area contributed by atoms with Crippen LogP contribution in [0.3, 0.4) is 0 Å². The van der Waals surface area contributed by atoms with Crippen LogP contribution in [0, 0.1) is 34.6 Å². The summed E-state index contributed by atoms with van der Waals surface area (Å²) >= 11 is 1.38. The molecule has 0 aliphatic heterocycles. The molecule has 144 valence electrons. The Balaban J connectivity index is 1.93. The van der Waals surface area contributed by atoms with Crippen molar-refractivity contribution in [1.82, 2.24) is 9.97 Å². The number of amides is 1. The summed E-state index contributed by atoms with van der Waals surface area (Å²) in [6, 6.07) is 15.8. The Morgan fingerprint density at radius 2 is 1.57 bits per heavy atom. The normalized spacial score (nSPS) is 11.9. The van der Waals surface area contributed by atoms with Gasteiger partial charge in [-0.3, -0.25) is 4.79 Å². The Labute approximate surface area is 170 Å². The third kappa shape index (κ3) is 4.60. The van der Waals surface area contributed by atoms with Gasteiger partial charge in [0.2, 0.25) is 5.91 Å². The average Bonchev–Trinajstić information content (AvgIpc) is 2.67. The molecule has 0 spiro atoms. The van der Waals surface area contributed by atoms with Crippen LogP contribution in [0.15, 0.2) is 53.7 Å². The maximum atomic E-state index is 13.2. The minimum Gasteiger partial charge on any atom is -0.325 e. The van der Waals surface area contributed by atoms with Crippen molar-refractivity contribution in [3.63, 3.8) is 0 Å². The number of hydrogen-bond donors (Lipinski definition) is 1. The third-order valence-corrected chi connectivity index (χ3v) is 5.94. The number of hydrogen-bond acceptors (Lipinski definition) is 4. The van der Waals surface area contributed by atoms with Crippen LogP contribution in [-0.2, 0) is 4.79 Å². The molecule has 1 amide bonds. The largest absolute Gasteiger partial charge is 0.325 e. The molecule has 1 heterocycles. The molecule has 0 bridgehead atoms. The van der Waals surface area contributed by atoms with E-state index in [0.29, 0.717) is 5.16 Å². The molecule has 5 heteroatoms. The van der Waals surface area contributed by atoms with Crippen molar-refractivity contribution in [1.29, 1.82) is 0 Å². The molecule has 3 aromatic rings. The first-order chi connectivity index (χ1) is 13.3. The van der Waals surface area contributed by atoms with Gasteiger partial charge in [-0.05, 0) is 62.9 Å². The van der Waals surface area contributed by atoms with E-state index in [1.54, 1.807) is 0 Å². The topological polar surface area (TPSA) is 54.9 Å². The predicted molar refractivity (Wildman–Crippen MR) is 116 cm³/mol. The first-order valence-electron chi connectivity index (χ1n) is 9.26. The highest BCUT2D eigenvalue weighted by Gasteiger charge is 2.24. The molecule has 1 N–H and O–H groups in total. The number of benzene rings is 2. The summed E-state index contributed by atoms with van der Waals surface area (Å²) in [6.07, 6.45) is 0. The van der Waals surface area contributed by atoms with E-state index in [1.165, 1.54) is 11.8 Å². The summed E-state index contributed by atoms with van der Waals surface area (Å²) in [5.74, 6) is -0.0793. The van der Waals surface area contributed by atoms with Gasteiger partial charge in [0, 0.05) is 17.1 Å². The highest BCUT2D eigenvalue weighted by atomic mass is 32.2. The van der Waals surface area contributed by atoms with Crippen LogP contribution in [0.2, 0.25) is 0 Å². The molecule has 2 aromatic carbocycles. The average molecular weight is 392 g/mol. The smallest absolute Gasteiger partial charge is 0.242 e. The van der Waals surface area contributed by atoms with Gasteiger partial charge in [0.25, 0.3) is 0 Å². The molecule has 3 rings (SSSR count). The Hall–Kier alpha value is -2.66. The van der Waals surface area contributed by atoms with Gasteiger partial charge in [0.15, 0.2) is 5.16 Å². The lowest BCUT2D eigenvalue weighted by atomic mass is 10.1. The van der Waals surface area contributed by atoms with Gasteiger partial charge in [-0.1, -0.05) is 54.2 Å². The van der Waals surface area contributed by atoms with E-state index in [1.807, 2.05) is 83.1 Å². The molecule has 0 aliphatic carbocycles. The molecular weight excluding hydrogens is 366 g/mol. The second-order valence-corrected chi connectivity index (χ2v) is 8.09. The van der Waals surface area contributed by atoms with Crippen molar-refractivity contribution in [2.24, 2.45) is 0 Å². The fraction of sp³-hybridized carbons (Fsp3) is 0.261. The lowest BCUT2D eigenvalue weighted by Crippen LogP contribution is -2.20. The molecule has 4 nitrogen and oxygen atoms in total. The van der Waals surface area contributed by atoms with E-state index in [2.05, 4.69) is 15.3 Å². The zero-order chi connectivity index (χ0) is 20.3. The van der Waals surface area contributed by atoms with Crippen molar-refractivity contribution >= 4 is 23.4 Å². The number of anilines is 1. The van der Waals surface area contributed by atoms with Crippen molar-refractivity contribution in [3.05, 3.63) is 82.2 Å². The van der Waals surface area contributed by atoms with Gasteiger partial charge >= 0.3 is 0 Å². The number of aryl methyl sites for hydroxylation is 4. The lowest BCUT2D eigenvalue weighted by Gasteiger charge is -2.18. The molecule has 0 unspecified atom stereocenters. The second kappa shape index (κ2) is 8.57. The number of aromatic nitrogens is 2. The van der Waals surface area contributed by atoms with Crippen molar-refractivity contribution < 1.29 is 4.79 Å². The first-order valence-corrected chi connectivity index (χ1v) is 10.1. The monoisotopic (exact) mass is 391 g/mol. The van der Waals surface area contributed by atoms with E-state index in [9.17, 15) is 4.79 Å². The highest BCUT2D eigenvalue weighted by Crippen LogP contribution is 2.35. The Kier molecular flexibility index (Phi) is 6.15. The van der Waals surface area contributed by atoms with Crippen LogP contribution in [-0.4, -0.2) is 15.9 Å². The van der Waals surface area contributed by atoms with E-state index in [-0.39, 0.29) is 5.91 Å². The number of carbonyl (C=O) groups excluding carboxylic acids is 1. The molecule has 0 saturated carbocycles. The fourth-order valence-electron chi connectivity index (χ4n) is 2.87. The van der Waals surface area contributed by atoms with E-state index < -0.39 is 5.25 Å². The quantitative estimate of drug-likeness (QED) is 0.461. The summed E-state index contributed by atoms with van der Waals surface area (Å²) in [5, 5.41) is 3.27. The first kappa shape index (κ1) is 20.1. The Morgan fingerprint density at radius 1 is 0.929 bits per heavy atom. The van der Waals surface area contributed by atoms with Gasteiger partial charge < -0.3 is 5.32 Å². The molecule has 28 heavy (non-hydrogen) atoms. The van der Waals surface area contributed by atoms with Gasteiger partial charge in [0.1, 0.15) is 5.25 Å². The van der Waals surface area contributed by atoms with Crippen LogP contribution < -0.4 is 5.32 Å². The summed E-state index contributed by atoms with van der Waals surface area (Å²) in [5.41, 5.74) is 6.87. The van der Waals surface area contributed by atoms with Crippen molar-refractivity contribution in [2.45, 2.75) is 45.0 Å². The van der Waals surface area contributed by atoms with Crippen molar-refractivity contribution in [2.75, 3.05) is 5.32 Å². The lowest BCUT2D eigenvalue weighted by molar-refractivity contribution is -0.115. The third-order valence-electron chi connectivity index (χ3n) is 4.83. The molecule has 0 radical (unpaired) electrons. The van der Waals surface area contributed by atoms with Crippen LogP contribution >= 0.6 is 11.8 Å². The maximum absolute atomic E-state index is 13.2. The SMILES string of the molecule is Cc1ccc(C)c(NC(=O)[C@H](Sc2nc(C)c(C)c(C)n2)c2ccccc2)c1. The van der Waals surface area contributed by atoms with E-state index in [4.69, 9.17) is 0 Å². The highest BCUT2D eigenvalue weighted by molar-refractivity contribution is 8.00. The van der Waals surface area contributed by atoms with Crippen LogP contribution in [0.25, 0.3) is 0 Å². The van der Waals surface area contributed by atoms with E-state index in [0.717, 1.165) is 39.3 Å². The molecule has 1 aromatic heterocycles. The summed E-state index contributed by atoms with van der Waals surface area (Å²) in [6.45, 7) is 9.98. The predicted octanol–water partition coefficient (Wildman–Crippen LogP) is 5.49. The molecule has 0 saturated heterocycles. The second-order valence-electron chi connectivity index (χ2n) is 7.02. The minimum absolute atomic E-state index is 0.0793. The minimum atomic E-state index is -0.442. The summed E-state index contributed by atoms with van der Waals surface area (Å²) in [7, 11) is 0. The fourth-order valence-corrected chi connectivity index (χ4v) is 3.92. The van der Waals surface area contributed by atoms with Gasteiger partial charge in [0.05, 0.1) is 0 Å². The van der Waals surface area contributed by atoms with Crippen LogP contribution in [0.1, 0.15) is 38.9 Å². The molecular formula is C23H25N3OS. The maximum Gasteiger partial charge on any atom is 0.242 e. The van der Waals surface area contributed by atoms with E-state index >= 15 is 0 Å². The number of thioether (sulfide) groups is 1. The van der Waals surface area contributed by atoms with Crippen LogP contribution in [0.5, 0.6) is 0 Å². The van der Waals surface area contributed by atoms with Crippen molar-refractivity contribution in [3.8, 4) is 0 Å². The molecule has 0 fully saturated rings. The van der Waals surface area contributed by atoms with Gasteiger partial charge in [-0.25, -0.2) is 9.97 Å². The summed E-state index contributed by atoms with van der Waals surface area (Å²) < 4.78 is 0. The Morgan fingerprint density at radius 3 is 2.21 bits per heavy atom. The number of carbonyl (C=O) groups is 1. The number of nitrogens with one attached hydrogen (secondary N) is 1. The number of rotatable bonds is 5. The molecule has 1 atom stereocenters.